The van der Waals surface area contributed by atoms with Crippen molar-refractivity contribution in [2.75, 3.05) is 13.2 Å². The van der Waals surface area contributed by atoms with Crippen LogP contribution in [0.1, 0.15) is 91.2 Å². The Morgan fingerprint density at radius 3 is 2.58 bits per heavy atom. The Morgan fingerprint density at radius 1 is 1.15 bits per heavy atom. The molecule has 2 aromatic rings. The average molecular weight is 739 g/mol. The van der Waals surface area contributed by atoms with Crippen molar-refractivity contribution in [2.24, 2.45) is 16.7 Å². The monoisotopic (exact) mass is 738 g/mol. The lowest BCUT2D eigenvalue weighted by atomic mass is 9.85. The predicted octanol–water partition coefficient (Wildman–Crippen LogP) is 3.04. The summed E-state index contributed by atoms with van der Waals surface area (Å²) in [7, 11) is -3.89. The van der Waals surface area contributed by atoms with E-state index in [0.29, 0.717) is 18.7 Å². The summed E-state index contributed by atoms with van der Waals surface area (Å²) in [4.78, 5) is 58.3. The maximum atomic E-state index is 14.5. The Labute approximate surface area is 304 Å². The van der Waals surface area contributed by atoms with Crippen LogP contribution in [0.5, 0.6) is 0 Å². The van der Waals surface area contributed by atoms with Crippen molar-refractivity contribution < 1.29 is 32.3 Å². The van der Waals surface area contributed by atoms with Gasteiger partial charge in [-0.15, -0.1) is 16.8 Å². The molecule has 16 heteroatoms. The van der Waals surface area contributed by atoms with Gasteiger partial charge in [0.2, 0.25) is 27.7 Å². The van der Waals surface area contributed by atoms with E-state index < -0.39 is 74.1 Å². The Morgan fingerprint density at radius 2 is 1.90 bits per heavy atom. The summed E-state index contributed by atoms with van der Waals surface area (Å²) < 4.78 is 33.2. The van der Waals surface area contributed by atoms with Gasteiger partial charge in [0.25, 0.3) is 5.91 Å². The number of aryl methyl sites for hydroxylation is 1. The predicted molar refractivity (Wildman–Crippen MR) is 191 cm³/mol. The zero-order chi connectivity index (χ0) is 37.6. The molecule has 6 rings (SSSR count). The van der Waals surface area contributed by atoms with Crippen LogP contribution in [0.4, 0.5) is 4.79 Å². The summed E-state index contributed by atoms with van der Waals surface area (Å²) in [5.74, 6) is -2.12. The zero-order valence-electron chi connectivity index (χ0n) is 30.6. The third kappa shape index (κ3) is 8.01. The number of benzene rings is 1. The SMILES string of the molecule is C=C[C@@H]1C[C@]1(NC(=O)[C@@H]1C[C@@H]2CN1C(=O)[C@H](C(C)(C)C)NC(=O)OCC(C)(C)CCCCc1cccc(c1)-c1nnn2n1)C(=O)NS(=O)(=O)C1CC1. The van der Waals surface area contributed by atoms with Gasteiger partial charge in [0.05, 0.1) is 17.9 Å². The third-order valence-electron chi connectivity index (χ3n) is 10.6. The summed E-state index contributed by atoms with van der Waals surface area (Å²) in [5, 5.41) is 18.2. The quantitative estimate of drug-likeness (QED) is 0.371. The van der Waals surface area contributed by atoms with E-state index in [1.54, 1.807) is 20.8 Å². The van der Waals surface area contributed by atoms with Crippen LogP contribution in [-0.2, 0) is 35.6 Å². The number of ether oxygens (including phenoxy) is 1. The zero-order valence-corrected chi connectivity index (χ0v) is 31.4. The lowest BCUT2D eigenvalue weighted by molar-refractivity contribution is -0.142. The van der Waals surface area contributed by atoms with Gasteiger partial charge in [0.15, 0.2) is 0 Å². The Kier molecular flexibility index (Phi) is 10.0. The van der Waals surface area contributed by atoms with E-state index in [-0.39, 0.29) is 31.4 Å². The van der Waals surface area contributed by atoms with Crippen molar-refractivity contribution in [1.82, 2.24) is 40.5 Å². The van der Waals surface area contributed by atoms with E-state index in [4.69, 9.17) is 4.74 Å². The van der Waals surface area contributed by atoms with Crippen LogP contribution in [-0.4, -0.2) is 93.4 Å². The van der Waals surface area contributed by atoms with Gasteiger partial charge in [-0.25, -0.2) is 13.2 Å². The van der Waals surface area contributed by atoms with E-state index >= 15 is 0 Å². The Bertz CT molecular complexity index is 1850. The highest BCUT2D eigenvalue weighted by atomic mass is 32.2. The molecule has 0 unspecified atom stereocenters. The number of cyclic esters (lactones) is 1. The third-order valence-corrected chi connectivity index (χ3v) is 12.4. The number of hydrogen-bond acceptors (Lipinski definition) is 10. The maximum Gasteiger partial charge on any atom is 0.407 e. The summed E-state index contributed by atoms with van der Waals surface area (Å²) in [6.07, 6.45) is 5.44. The normalized spacial score (nSPS) is 28.2. The highest BCUT2D eigenvalue weighted by molar-refractivity contribution is 7.91. The topological polar surface area (TPSA) is 195 Å². The lowest BCUT2D eigenvalue weighted by Crippen LogP contribution is -2.60. The molecule has 2 aliphatic carbocycles. The first-order chi connectivity index (χ1) is 24.4. The largest absolute Gasteiger partial charge is 0.449 e. The van der Waals surface area contributed by atoms with Crippen molar-refractivity contribution in [1.29, 1.82) is 0 Å². The van der Waals surface area contributed by atoms with Crippen LogP contribution in [0.25, 0.3) is 11.4 Å². The summed E-state index contributed by atoms with van der Waals surface area (Å²) in [6.45, 7) is 13.4. The number of nitrogens with one attached hydrogen (secondary N) is 3. The smallest absolute Gasteiger partial charge is 0.407 e. The molecule has 1 saturated heterocycles. The van der Waals surface area contributed by atoms with Crippen LogP contribution < -0.4 is 15.4 Å². The van der Waals surface area contributed by atoms with E-state index in [0.717, 1.165) is 36.8 Å². The molecule has 1 aromatic heterocycles. The molecule has 15 nitrogen and oxygen atoms in total. The fourth-order valence-electron chi connectivity index (χ4n) is 7.09. The van der Waals surface area contributed by atoms with Gasteiger partial charge >= 0.3 is 6.09 Å². The number of alkyl carbamates (subject to hydrolysis) is 1. The molecule has 4 aliphatic rings. The van der Waals surface area contributed by atoms with E-state index in [1.165, 1.54) is 15.8 Å². The van der Waals surface area contributed by atoms with Gasteiger partial charge < -0.3 is 20.3 Å². The molecule has 4 amide bonds. The molecule has 2 saturated carbocycles. The number of carbonyl (C=O) groups is 4. The number of tetrazole rings is 1. The molecule has 282 valence electrons. The second-order valence-electron chi connectivity index (χ2n) is 16.6. The van der Waals surface area contributed by atoms with Crippen LogP contribution in [0.3, 0.4) is 0 Å². The molecule has 52 heavy (non-hydrogen) atoms. The summed E-state index contributed by atoms with van der Waals surface area (Å²) >= 11 is 0. The van der Waals surface area contributed by atoms with E-state index in [2.05, 4.69) is 43.4 Å². The Hall–Kier alpha value is -4.34. The first-order valence-corrected chi connectivity index (χ1v) is 19.6. The second-order valence-corrected chi connectivity index (χ2v) is 18.6. The van der Waals surface area contributed by atoms with Gasteiger partial charge in [0.1, 0.15) is 17.6 Å². The van der Waals surface area contributed by atoms with Crippen LogP contribution >= 0.6 is 0 Å². The first-order valence-electron chi connectivity index (χ1n) is 18.1. The van der Waals surface area contributed by atoms with E-state index in [1.807, 2.05) is 32.0 Å². The van der Waals surface area contributed by atoms with Gasteiger partial charge in [-0.3, -0.25) is 19.1 Å². The number of rotatable bonds is 6. The maximum absolute atomic E-state index is 14.5. The number of nitrogens with zero attached hydrogens (tertiary/aromatic N) is 5. The molecule has 1 aromatic carbocycles. The van der Waals surface area contributed by atoms with Crippen LogP contribution in [0, 0.1) is 16.7 Å². The summed E-state index contributed by atoms with van der Waals surface area (Å²) in [5.41, 5.74) is -0.726. The molecule has 3 heterocycles. The molecular formula is C36H50N8O7S. The number of sulfonamides is 1. The van der Waals surface area contributed by atoms with Crippen molar-refractivity contribution in [3.8, 4) is 11.4 Å². The second kappa shape index (κ2) is 13.9. The highest BCUT2D eigenvalue weighted by Gasteiger charge is 2.62. The van der Waals surface area contributed by atoms with Crippen LogP contribution in [0.2, 0.25) is 0 Å². The molecule has 5 atom stereocenters. The van der Waals surface area contributed by atoms with Crippen molar-refractivity contribution in [2.45, 2.75) is 115 Å². The number of carbonyl (C=O) groups excluding carboxylic acids is 4. The summed E-state index contributed by atoms with van der Waals surface area (Å²) in [6, 6.07) is 5.15. The first kappa shape index (κ1) is 37.4. The van der Waals surface area contributed by atoms with Gasteiger partial charge in [-0.1, -0.05) is 65.3 Å². The number of hydrogen-bond donors (Lipinski definition) is 3. The number of aromatic nitrogens is 4. The molecular weight excluding hydrogens is 689 g/mol. The minimum atomic E-state index is -3.89. The van der Waals surface area contributed by atoms with Gasteiger partial charge in [-0.2, -0.15) is 4.80 Å². The minimum absolute atomic E-state index is 0.00322. The average Bonchev–Trinajstić information content (AvgIpc) is 3.96. The van der Waals surface area contributed by atoms with Crippen molar-refractivity contribution >= 4 is 33.8 Å². The van der Waals surface area contributed by atoms with Crippen LogP contribution in [0.15, 0.2) is 36.9 Å². The lowest BCUT2D eigenvalue weighted by Gasteiger charge is -2.35. The fraction of sp³-hybridized carbons (Fsp3) is 0.639. The highest BCUT2D eigenvalue weighted by Crippen LogP contribution is 2.46. The standard InChI is InChI=1S/C36H50N8O7S/c1-7-24-19-36(24,32(47)41-52(49,50)26-14-15-26)38-30(45)27-18-25-20-43(27)31(46)28(34(2,3)4)37-33(48)51-21-35(5,6)16-9-8-11-22-12-10-13-23(17-22)29-39-42-44(25)40-29/h7,10,12-13,17,24-28H,1,8-9,11,14-16,18-21H2,2-6H3,(H,37,48)(H,38,45)(H,41,47)/t24-,25-,27+,28-,36-/m1/s1. The number of amides is 4. The molecule has 0 spiro atoms. The molecule has 3 N–H and O–H groups in total. The molecule has 0 radical (unpaired) electrons. The Balaban J connectivity index is 1.33. The molecule has 6 bridgehead atoms. The van der Waals surface area contributed by atoms with Crippen molar-refractivity contribution in [3.05, 3.63) is 42.5 Å². The number of fused-ring (bicyclic) bond motifs is 8. The minimum Gasteiger partial charge on any atom is -0.449 e. The van der Waals surface area contributed by atoms with Gasteiger partial charge in [0, 0.05) is 24.4 Å². The fourth-order valence-corrected chi connectivity index (χ4v) is 8.46. The molecule has 3 fully saturated rings. The van der Waals surface area contributed by atoms with E-state index in [9.17, 15) is 27.6 Å². The molecule has 2 aliphatic heterocycles. The van der Waals surface area contributed by atoms with Gasteiger partial charge in [-0.05, 0) is 66.2 Å². The van der Waals surface area contributed by atoms with Crippen molar-refractivity contribution in [3.63, 3.8) is 0 Å².